The lowest BCUT2D eigenvalue weighted by molar-refractivity contribution is 1.17. The van der Waals surface area contributed by atoms with Gasteiger partial charge in [-0.2, -0.15) is 0 Å². The second-order valence-corrected chi connectivity index (χ2v) is 3.69. The topological polar surface area (TPSA) is 51.8 Å². The molecule has 1 aromatic carbocycles. The van der Waals surface area contributed by atoms with E-state index in [1.165, 1.54) is 0 Å². The number of hydrogen-bond acceptors (Lipinski definition) is 3. The lowest BCUT2D eigenvalue weighted by Crippen LogP contribution is -1.94. The summed E-state index contributed by atoms with van der Waals surface area (Å²) in [5.74, 6) is 0.452. The van der Waals surface area contributed by atoms with Crippen molar-refractivity contribution in [3.63, 3.8) is 0 Å². The molecular weight excluding hydrogens is 253 g/mol. The summed E-state index contributed by atoms with van der Waals surface area (Å²) in [4.78, 5) is 8.11. The van der Waals surface area contributed by atoms with Crippen LogP contribution in [0.1, 0.15) is 0 Å². The minimum Gasteiger partial charge on any atom is -0.383 e. The third kappa shape index (κ3) is 1.59. The Balaban J connectivity index is 2.86. The second-order valence-electron chi connectivity index (χ2n) is 2.54. The first-order valence-electron chi connectivity index (χ1n) is 3.55. The smallest absolute Gasteiger partial charge is 0.199 e. The standard InChI is InChI=1S/C8H5BrClN3/c9-8-12-6-3-4(10)1-2-5(6)7(11)13-8/h1-3H,(H2,11,12,13). The predicted octanol–water partition coefficient (Wildman–Crippen LogP) is 2.63. The zero-order valence-electron chi connectivity index (χ0n) is 6.46. The second kappa shape index (κ2) is 3.12. The van der Waals surface area contributed by atoms with Gasteiger partial charge in [-0.1, -0.05) is 11.6 Å². The van der Waals surface area contributed by atoms with Gasteiger partial charge in [0.1, 0.15) is 5.82 Å². The maximum Gasteiger partial charge on any atom is 0.199 e. The Morgan fingerprint density at radius 3 is 2.85 bits per heavy atom. The SMILES string of the molecule is Nc1nc(Br)nc2cc(Cl)ccc12. The van der Waals surface area contributed by atoms with Gasteiger partial charge in [0.25, 0.3) is 0 Å². The molecule has 0 radical (unpaired) electrons. The third-order valence-electron chi connectivity index (χ3n) is 1.66. The molecule has 3 nitrogen and oxygen atoms in total. The quantitative estimate of drug-likeness (QED) is 0.739. The van der Waals surface area contributed by atoms with Crippen LogP contribution < -0.4 is 5.73 Å². The van der Waals surface area contributed by atoms with E-state index in [0.29, 0.717) is 15.6 Å². The Morgan fingerprint density at radius 1 is 1.31 bits per heavy atom. The molecule has 0 saturated carbocycles. The Labute approximate surface area is 88.1 Å². The van der Waals surface area contributed by atoms with Gasteiger partial charge in [-0.05, 0) is 34.1 Å². The van der Waals surface area contributed by atoms with E-state index < -0.39 is 0 Å². The van der Waals surface area contributed by atoms with Gasteiger partial charge >= 0.3 is 0 Å². The molecule has 13 heavy (non-hydrogen) atoms. The monoisotopic (exact) mass is 257 g/mol. The van der Waals surface area contributed by atoms with Crippen molar-refractivity contribution in [1.82, 2.24) is 9.97 Å². The zero-order valence-corrected chi connectivity index (χ0v) is 8.80. The van der Waals surface area contributed by atoms with Gasteiger partial charge in [0, 0.05) is 10.4 Å². The number of nitrogens with zero attached hydrogens (tertiary/aromatic N) is 2. The van der Waals surface area contributed by atoms with E-state index in [-0.39, 0.29) is 0 Å². The van der Waals surface area contributed by atoms with Crippen LogP contribution in [0, 0.1) is 0 Å². The third-order valence-corrected chi connectivity index (χ3v) is 2.25. The van der Waals surface area contributed by atoms with Crippen LogP contribution in [0.4, 0.5) is 5.82 Å². The van der Waals surface area contributed by atoms with Crippen molar-refractivity contribution in [2.45, 2.75) is 0 Å². The molecule has 0 aliphatic carbocycles. The molecule has 2 aromatic rings. The summed E-state index contributed by atoms with van der Waals surface area (Å²) in [6.45, 7) is 0. The van der Waals surface area contributed by atoms with Crippen molar-refractivity contribution in [3.05, 3.63) is 28.0 Å². The van der Waals surface area contributed by atoms with Crippen LogP contribution in [-0.4, -0.2) is 9.97 Å². The van der Waals surface area contributed by atoms with Crippen LogP contribution in [0.2, 0.25) is 5.02 Å². The summed E-state index contributed by atoms with van der Waals surface area (Å²) in [6, 6.07) is 5.32. The largest absolute Gasteiger partial charge is 0.383 e. The van der Waals surface area contributed by atoms with Crippen molar-refractivity contribution in [2.24, 2.45) is 0 Å². The summed E-state index contributed by atoms with van der Waals surface area (Å²) >= 11 is 8.97. The van der Waals surface area contributed by atoms with Gasteiger partial charge in [0.15, 0.2) is 4.73 Å². The number of rotatable bonds is 0. The van der Waals surface area contributed by atoms with Crippen molar-refractivity contribution in [1.29, 1.82) is 0 Å². The highest BCUT2D eigenvalue weighted by Gasteiger charge is 2.02. The first-order chi connectivity index (χ1) is 6.16. The molecule has 2 N–H and O–H groups in total. The highest BCUT2D eigenvalue weighted by molar-refractivity contribution is 9.10. The predicted molar refractivity (Wildman–Crippen MR) is 56.7 cm³/mol. The molecule has 2 rings (SSSR count). The molecule has 0 atom stereocenters. The van der Waals surface area contributed by atoms with Gasteiger partial charge in [-0.15, -0.1) is 0 Å². The first kappa shape index (κ1) is 8.72. The zero-order chi connectivity index (χ0) is 9.42. The number of anilines is 1. The Kier molecular flexibility index (Phi) is 2.09. The minimum absolute atomic E-state index is 0.452. The Hall–Kier alpha value is -0.870. The molecule has 66 valence electrons. The lowest BCUT2D eigenvalue weighted by atomic mass is 10.2. The van der Waals surface area contributed by atoms with Gasteiger partial charge in [0.2, 0.25) is 0 Å². The summed E-state index contributed by atoms with van der Waals surface area (Å²) in [5.41, 5.74) is 6.43. The highest BCUT2D eigenvalue weighted by Crippen LogP contribution is 2.22. The number of nitrogens with two attached hydrogens (primary N) is 1. The molecule has 1 heterocycles. The molecule has 0 amide bonds. The number of halogens is 2. The summed E-state index contributed by atoms with van der Waals surface area (Å²) < 4.78 is 0.472. The molecule has 0 fully saturated rings. The molecule has 0 aliphatic heterocycles. The van der Waals surface area contributed by atoms with Crippen LogP contribution in [0.15, 0.2) is 22.9 Å². The number of hydrogen-bond donors (Lipinski definition) is 1. The van der Waals surface area contributed by atoms with E-state index in [1.807, 2.05) is 0 Å². The van der Waals surface area contributed by atoms with E-state index >= 15 is 0 Å². The fourth-order valence-electron chi connectivity index (χ4n) is 1.10. The van der Waals surface area contributed by atoms with E-state index in [9.17, 15) is 0 Å². The molecule has 0 saturated heterocycles. The minimum atomic E-state index is 0.452. The van der Waals surface area contributed by atoms with E-state index in [0.717, 1.165) is 10.9 Å². The molecule has 5 heteroatoms. The Morgan fingerprint density at radius 2 is 2.08 bits per heavy atom. The first-order valence-corrected chi connectivity index (χ1v) is 4.72. The van der Waals surface area contributed by atoms with Crippen LogP contribution in [0.5, 0.6) is 0 Å². The highest BCUT2D eigenvalue weighted by atomic mass is 79.9. The normalized spacial score (nSPS) is 10.6. The molecule has 1 aromatic heterocycles. The molecule has 0 spiro atoms. The average molecular weight is 259 g/mol. The maximum absolute atomic E-state index is 5.81. The van der Waals surface area contributed by atoms with E-state index in [2.05, 4.69) is 25.9 Å². The average Bonchev–Trinajstić information content (AvgIpc) is 2.02. The van der Waals surface area contributed by atoms with Gasteiger partial charge in [0.05, 0.1) is 5.52 Å². The Bertz CT molecular complexity index is 467. The summed E-state index contributed by atoms with van der Waals surface area (Å²) in [7, 11) is 0. The number of aromatic nitrogens is 2. The molecule has 0 unspecified atom stereocenters. The van der Waals surface area contributed by atoms with Gasteiger partial charge < -0.3 is 5.73 Å². The van der Waals surface area contributed by atoms with Crippen molar-refractivity contribution < 1.29 is 0 Å². The van der Waals surface area contributed by atoms with Crippen molar-refractivity contribution >= 4 is 44.3 Å². The van der Waals surface area contributed by atoms with Crippen LogP contribution in [0.3, 0.4) is 0 Å². The van der Waals surface area contributed by atoms with Crippen molar-refractivity contribution in [3.8, 4) is 0 Å². The van der Waals surface area contributed by atoms with Crippen LogP contribution in [0.25, 0.3) is 10.9 Å². The van der Waals surface area contributed by atoms with Crippen LogP contribution >= 0.6 is 27.5 Å². The fraction of sp³-hybridized carbons (Fsp3) is 0. The molecule has 0 bridgehead atoms. The van der Waals surface area contributed by atoms with Gasteiger partial charge in [-0.3, -0.25) is 0 Å². The number of fused-ring (bicyclic) bond motifs is 1. The molecular formula is C8H5BrClN3. The van der Waals surface area contributed by atoms with E-state index in [1.54, 1.807) is 18.2 Å². The van der Waals surface area contributed by atoms with Gasteiger partial charge in [-0.25, -0.2) is 9.97 Å². The molecule has 0 aliphatic rings. The summed E-state index contributed by atoms with van der Waals surface area (Å²) in [6.07, 6.45) is 0. The van der Waals surface area contributed by atoms with Crippen LogP contribution in [-0.2, 0) is 0 Å². The maximum atomic E-state index is 5.81. The number of nitrogen functional groups attached to an aromatic ring is 1. The van der Waals surface area contributed by atoms with Crippen molar-refractivity contribution in [2.75, 3.05) is 5.73 Å². The summed E-state index contributed by atoms with van der Waals surface area (Å²) in [5, 5.41) is 1.45. The van der Waals surface area contributed by atoms with E-state index in [4.69, 9.17) is 17.3 Å². The fourth-order valence-corrected chi connectivity index (χ4v) is 1.65. The lowest BCUT2D eigenvalue weighted by Gasteiger charge is -2.01. The number of benzene rings is 1.